The summed E-state index contributed by atoms with van der Waals surface area (Å²) < 4.78 is 31.9. The third kappa shape index (κ3) is 4.59. The molecule has 2 aliphatic heterocycles. The molecule has 1 saturated heterocycles. The number of ether oxygens (including phenoxy) is 1. The van der Waals surface area contributed by atoms with Crippen LogP contribution in [0.3, 0.4) is 0 Å². The second-order valence-corrected chi connectivity index (χ2v) is 10.9. The Labute approximate surface area is 196 Å². The highest BCUT2D eigenvalue weighted by Crippen LogP contribution is 2.37. The molecule has 0 spiro atoms. The SMILES string of the molecule is COC(=O)N1CCc2c(sc(NC(=O)c3ccc(S(=O)(=O)N4CCCCC4)cc3)c2C#N)C1. The Balaban J connectivity index is 1.50. The molecule has 1 fully saturated rings. The number of carbonyl (C=O) groups excluding carboxylic acids is 2. The molecule has 2 aromatic rings. The first-order chi connectivity index (χ1) is 15.8. The molecule has 2 amide bonds. The molecular weight excluding hydrogens is 464 g/mol. The summed E-state index contributed by atoms with van der Waals surface area (Å²) in [7, 11) is -2.25. The quantitative estimate of drug-likeness (QED) is 0.706. The highest BCUT2D eigenvalue weighted by atomic mass is 32.2. The molecule has 9 nitrogen and oxygen atoms in total. The maximum absolute atomic E-state index is 12.8. The van der Waals surface area contributed by atoms with E-state index in [1.807, 2.05) is 0 Å². The van der Waals surface area contributed by atoms with Gasteiger partial charge in [-0.1, -0.05) is 6.42 Å². The second-order valence-electron chi connectivity index (χ2n) is 7.90. The summed E-state index contributed by atoms with van der Waals surface area (Å²) in [6, 6.07) is 8.00. The van der Waals surface area contributed by atoms with Gasteiger partial charge in [-0.2, -0.15) is 9.57 Å². The Morgan fingerprint density at radius 3 is 2.45 bits per heavy atom. The van der Waals surface area contributed by atoms with E-state index in [1.54, 1.807) is 4.90 Å². The van der Waals surface area contributed by atoms with Gasteiger partial charge in [0.1, 0.15) is 11.1 Å². The van der Waals surface area contributed by atoms with Crippen molar-refractivity contribution in [1.82, 2.24) is 9.21 Å². The third-order valence-electron chi connectivity index (χ3n) is 5.90. The minimum absolute atomic E-state index is 0.160. The Morgan fingerprint density at radius 2 is 1.82 bits per heavy atom. The van der Waals surface area contributed by atoms with E-state index in [-0.39, 0.29) is 4.90 Å². The smallest absolute Gasteiger partial charge is 0.409 e. The number of nitrogens with zero attached hydrogens (tertiary/aromatic N) is 3. The van der Waals surface area contributed by atoms with Crippen LogP contribution in [0, 0.1) is 11.3 Å². The standard InChI is InChI=1S/C22H24N4O5S2/c1-31-22(28)25-12-9-17-18(13-23)21(32-19(17)14-25)24-20(27)15-5-7-16(8-6-15)33(29,30)26-10-3-2-4-11-26/h5-8H,2-4,9-12,14H2,1H3,(H,24,27). The largest absolute Gasteiger partial charge is 0.453 e. The van der Waals surface area contributed by atoms with Crippen LogP contribution in [0.2, 0.25) is 0 Å². The highest BCUT2D eigenvalue weighted by Gasteiger charge is 2.29. The van der Waals surface area contributed by atoms with Crippen molar-refractivity contribution in [2.45, 2.75) is 37.1 Å². The Bertz CT molecular complexity index is 1210. The molecular formula is C22H24N4O5S2. The van der Waals surface area contributed by atoms with Crippen LogP contribution in [0.4, 0.5) is 9.80 Å². The van der Waals surface area contributed by atoms with Crippen molar-refractivity contribution in [2.75, 3.05) is 32.1 Å². The van der Waals surface area contributed by atoms with Crippen molar-refractivity contribution >= 4 is 38.4 Å². The van der Waals surface area contributed by atoms with Crippen LogP contribution in [0.25, 0.3) is 0 Å². The molecule has 3 heterocycles. The predicted octanol–water partition coefficient (Wildman–Crippen LogP) is 3.17. The van der Waals surface area contributed by atoms with Gasteiger partial charge >= 0.3 is 6.09 Å². The van der Waals surface area contributed by atoms with Gasteiger partial charge in [-0.3, -0.25) is 4.79 Å². The van der Waals surface area contributed by atoms with Crippen molar-refractivity contribution < 1.29 is 22.7 Å². The molecule has 1 aromatic carbocycles. The van der Waals surface area contributed by atoms with Gasteiger partial charge in [0.15, 0.2) is 0 Å². The lowest BCUT2D eigenvalue weighted by atomic mass is 10.0. The van der Waals surface area contributed by atoms with Crippen LogP contribution in [-0.4, -0.2) is 56.4 Å². The normalized spacial score (nSPS) is 16.5. The van der Waals surface area contributed by atoms with E-state index in [4.69, 9.17) is 4.74 Å². The average molecular weight is 489 g/mol. The van der Waals surface area contributed by atoms with Gasteiger partial charge in [-0.15, -0.1) is 11.3 Å². The number of hydrogen-bond donors (Lipinski definition) is 1. The molecule has 0 atom stereocenters. The molecule has 0 saturated carbocycles. The zero-order valence-corrected chi connectivity index (χ0v) is 19.8. The lowest BCUT2D eigenvalue weighted by Crippen LogP contribution is -2.35. The van der Waals surface area contributed by atoms with Crippen molar-refractivity contribution in [3.63, 3.8) is 0 Å². The molecule has 33 heavy (non-hydrogen) atoms. The van der Waals surface area contributed by atoms with E-state index >= 15 is 0 Å². The van der Waals surface area contributed by atoms with Crippen molar-refractivity contribution in [3.05, 3.63) is 45.8 Å². The van der Waals surface area contributed by atoms with E-state index in [0.717, 1.165) is 29.7 Å². The molecule has 0 bridgehead atoms. The molecule has 4 rings (SSSR count). The first kappa shape index (κ1) is 23.2. The van der Waals surface area contributed by atoms with Crippen LogP contribution in [0.1, 0.15) is 45.6 Å². The molecule has 0 unspecified atom stereocenters. The van der Waals surface area contributed by atoms with Gasteiger partial charge < -0.3 is 15.0 Å². The number of benzene rings is 1. The van der Waals surface area contributed by atoms with Gasteiger partial charge in [-0.05, 0) is 49.1 Å². The molecule has 1 aromatic heterocycles. The number of rotatable bonds is 4. The summed E-state index contributed by atoms with van der Waals surface area (Å²) in [6.45, 7) is 1.78. The Hall–Kier alpha value is -2.94. The maximum atomic E-state index is 12.8. The number of nitriles is 1. The van der Waals surface area contributed by atoms with Crippen molar-refractivity contribution in [2.24, 2.45) is 0 Å². The lowest BCUT2D eigenvalue weighted by Gasteiger charge is -2.25. The minimum Gasteiger partial charge on any atom is -0.453 e. The number of carbonyl (C=O) groups is 2. The van der Waals surface area contributed by atoms with E-state index in [1.165, 1.54) is 47.0 Å². The topological polar surface area (TPSA) is 120 Å². The van der Waals surface area contributed by atoms with Crippen LogP contribution >= 0.6 is 11.3 Å². The van der Waals surface area contributed by atoms with Crippen LogP contribution in [-0.2, 0) is 27.7 Å². The molecule has 174 valence electrons. The number of amides is 2. The fraction of sp³-hybridized carbons (Fsp3) is 0.409. The van der Waals surface area contributed by atoms with E-state index in [0.29, 0.717) is 48.7 Å². The van der Waals surface area contributed by atoms with Crippen LogP contribution in [0.15, 0.2) is 29.2 Å². The third-order valence-corrected chi connectivity index (χ3v) is 8.94. The molecule has 1 N–H and O–H groups in total. The Kier molecular flexibility index (Phi) is 6.69. The fourth-order valence-corrected chi connectivity index (χ4v) is 6.83. The number of thiophene rings is 1. The number of sulfonamides is 1. The number of hydrogen-bond acceptors (Lipinski definition) is 7. The first-order valence-electron chi connectivity index (χ1n) is 10.6. The van der Waals surface area contributed by atoms with E-state index < -0.39 is 22.0 Å². The van der Waals surface area contributed by atoms with Crippen LogP contribution < -0.4 is 5.32 Å². The Morgan fingerprint density at radius 1 is 1.12 bits per heavy atom. The second kappa shape index (κ2) is 9.51. The van der Waals surface area contributed by atoms with Crippen molar-refractivity contribution in [1.29, 1.82) is 5.26 Å². The fourth-order valence-electron chi connectivity index (χ4n) is 4.10. The number of fused-ring (bicyclic) bond motifs is 1. The summed E-state index contributed by atoms with van der Waals surface area (Å²) in [5.74, 6) is -0.433. The molecule has 0 aliphatic carbocycles. The van der Waals surface area contributed by atoms with Gasteiger partial charge in [0.2, 0.25) is 10.0 Å². The zero-order chi connectivity index (χ0) is 23.6. The van der Waals surface area contributed by atoms with Gasteiger partial charge in [0.05, 0.1) is 24.1 Å². The van der Waals surface area contributed by atoms with E-state index in [2.05, 4.69) is 11.4 Å². The summed E-state index contributed by atoms with van der Waals surface area (Å²) in [5.41, 5.74) is 1.53. The molecule has 0 radical (unpaired) electrons. The monoisotopic (exact) mass is 488 g/mol. The van der Waals surface area contributed by atoms with Crippen LogP contribution in [0.5, 0.6) is 0 Å². The molecule has 2 aliphatic rings. The van der Waals surface area contributed by atoms with Crippen molar-refractivity contribution in [3.8, 4) is 6.07 Å². The number of piperidine rings is 1. The number of anilines is 1. The average Bonchev–Trinajstić information content (AvgIpc) is 3.20. The van der Waals surface area contributed by atoms with Gasteiger partial charge in [0.25, 0.3) is 5.91 Å². The van der Waals surface area contributed by atoms with E-state index in [9.17, 15) is 23.3 Å². The first-order valence-corrected chi connectivity index (χ1v) is 12.9. The van der Waals surface area contributed by atoms with Gasteiger partial charge in [0, 0.05) is 30.1 Å². The number of nitrogens with one attached hydrogen (secondary N) is 1. The zero-order valence-electron chi connectivity index (χ0n) is 18.2. The minimum atomic E-state index is -3.57. The number of methoxy groups -OCH3 is 1. The summed E-state index contributed by atoms with van der Waals surface area (Å²) in [6.07, 6.45) is 2.80. The molecule has 11 heteroatoms. The summed E-state index contributed by atoms with van der Waals surface area (Å²) in [5, 5.41) is 12.8. The lowest BCUT2D eigenvalue weighted by molar-refractivity contribution is 0.102. The maximum Gasteiger partial charge on any atom is 0.409 e. The summed E-state index contributed by atoms with van der Waals surface area (Å²) >= 11 is 1.26. The summed E-state index contributed by atoms with van der Waals surface area (Å²) in [4.78, 5) is 27.2. The highest BCUT2D eigenvalue weighted by molar-refractivity contribution is 7.89. The van der Waals surface area contributed by atoms with Gasteiger partial charge in [-0.25, -0.2) is 13.2 Å². The predicted molar refractivity (Wildman–Crippen MR) is 123 cm³/mol.